The van der Waals surface area contributed by atoms with Crippen LogP contribution in [0.2, 0.25) is 0 Å². The highest BCUT2D eigenvalue weighted by Gasteiger charge is 2.32. The molecular weight excluding hydrogens is 474 g/mol. The molecule has 1 aliphatic rings. The highest BCUT2D eigenvalue weighted by molar-refractivity contribution is 7.89. The van der Waals surface area contributed by atoms with Crippen molar-refractivity contribution in [1.29, 1.82) is 0 Å². The molecule has 10 nitrogen and oxygen atoms in total. The molecule has 0 radical (unpaired) electrons. The number of nitro groups is 1. The molecule has 2 aromatic rings. The molecule has 0 aliphatic carbocycles. The molecule has 2 amide bonds. The summed E-state index contributed by atoms with van der Waals surface area (Å²) in [7, 11) is -3.99. The second-order valence-corrected chi connectivity index (χ2v) is 9.53. The van der Waals surface area contributed by atoms with Gasteiger partial charge < -0.3 is 10.2 Å². The fourth-order valence-electron chi connectivity index (χ4n) is 3.51. The van der Waals surface area contributed by atoms with E-state index >= 15 is 0 Å². The SMILES string of the molecule is Cc1ccc([N+](=O)[O-])cc1S(=O)(=O)N1CCN(C(=O)CCNC(=O)c2ccc(F)cc2F)CC1. The Bertz CT molecular complexity index is 1230. The first kappa shape index (κ1) is 25.2. The third kappa shape index (κ3) is 5.54. The van der Waals surface area contributed by atoms with E-state index in [9.17, 15) is 36.9 Å². The van der Waals surface area contributed by atoms with Gasteiger partial charge in [-0.25, -0.2) is 17.2 Å². The van der Waals surface area contributed by atoms with Crippen LogP contribution in [-0.2, 0) is 14.8 Å². The van der Waals surface area contributed by atoms with E-state index in [0.29, 0.717) is 11.6 Å². The number of nitro benzene ring substituents is 1. The van der Waals surface area contributed by atoms with Crippen molar-refractivity contribution in [3.05, 3.63) is 69.3 Å². The average Bonchev–Trinajstić information content (AvgIpc) is 2.79. The number of hydrogen-bond acceptors (Lipinski definition) is 6. The predicted molar refractivity (Wildman–Crippen MR) is 116 cm³/mol. The number of rotatable bonds is 7. The quantitative estimate of drug-likeness (QED) is 0.460. The molecule has 1 heterocycles. The van der Waals surface area contributed by atoms with Gasteiger partial charge in [0, 0.05) is 57.3 Å². The number of carbonyl (C=O) groups is 2. The number of aryl methyl sites for hydroxylation is 1. The normalized spacial score (nSPS) is 14.6. The molecule has 182 valence electrons. The van der Waals surface area contributed by atoms with E-state index in [0.717, 1.165) is 18.2 Å². The van der Waals surface area contributed by atoms with Gasteiger partial charge in [-0.3, -0.25) is 19.7 Å². The summed E-state index contributed by atoms with van der Waals surface area (Å²) in [6.07, 6.45) is -0.0920. The third-order valence-corrected chi connectivity index (χ3v) is 7.43. The smallest absolute Gasteiger partial charge is 0.270 e. The highest BCUT2D eigenvalue weighted by Crippen LogP contribution is 2.25. The fourth-order valence-corrected chi connectivity index (χ4v) is 5.17. The van der Waals surface area contributed by atoms with Crippen LogP contribution in [0.25, 0.3) is 0 Å². The summed E-state index contributed by atoms with van der Waals surface area (Å²) >= 11 is 0. The van der Waals surface area contributed by atoms with Crippen molar-refractivity contribution in [2.75, 3.05) is 32.7 Å². The summed E-state index contributed by atoms with van der Waals surface area (Å²) in [5.41, 5.74) is -0.304. The highest BCUT2D eigenvalue weighted by atomic mass is 32.2. The maximum Gasteiger partial charge on any atom is 0.270 e. The Morgan fingerprint density at radius 3 is 2.38 bits per heavy atom. The Hall–Kier alpha value is -3.45. The number of carbonyl (C=O) groups excluding carboxylic acids is 2. The molecule has 1 fully saturated rings. The van der Waals surface area contributed by atoms with Gasteiger partial charge in [0.05, 0.1) is 15.4 Å². The topological polar surface area (TPSA) is 130 Å². The number of nitrogens with zero attached hydrogens (tertiary/aromatic N) is 3. The molecule has 1 saturated heterocycles. The van der Waals surface area contributed by atoms with Crippen LogP contribution in [0.4, 0.5) is 14.5 Å². The molecule has 0 bridgehead atoms. The molecular formula is C21H22F2N4O6S. The van der Waals surface area contributed by atoms with E-state index in [1.165, 1.54) is 21.3 Å². The number of nitrogens with one attached hydrogen (secondary N) is 1. The molecule has 1 aliphatic heterocycles. The maximum absolute atomic E-state index is 13.7. The zero-order chi connectivity index (χ0) is 25.0. The molecule has 0 atom stereocenters. The number of sulfonamides is 1. The summed E-state index contributed by atoms with van der Waals surface area (Å²) in [5.74, 6) is -2.94. The van der Waals surface area contributed by atoms with Crippen molar-refractivity contribution in [1.82, 2.24) is 14.5 Å². The zero-order valence-electron chi connectivity index (χ0n) is 18.2. The summed E-state index contributed by atoms with van der Waals surface area (Å²) in [5, 5.41) is 13.4. The predicted octanol–water partition coefficient (Wildman–Crippen LogP) is 1.83. The zero-order valence-corrected chi connectivity index (χ0v) is 19.0. The number of piperazine rings is 1. The Morgan fingerprint density at radius 1 is 1.09 bits per heavy atom. The van der Waals surface area contributed by atoms with E-state index < -0.39 is 32.5 Å². The van der Waals surface area contributed by atoms with Crippen LogP contribution in [0.5, 0.6) is 0 Å². The number of amides is 2. The van der Waals surface area contributed by atoms with Crippen LogP contribution in [0.3, 0.4) is 0 Å². The molecule has 2 aromatic carbocycles. The van der Waals surface area contributed by atoms with E-state index in [1.807, 2.05) is 0 Å². The van der Waals surface area contributed by atoms with Crippen molar-refractivity contribution in [2.24, 2.45) is 0 Å². The van der Waals surface area contributed by atoms with E-state index in [-0.39, 0.29) is 61.2 Å². The lowest BCUT2D eigenvalue weighted by molar-refractivity contribution is -0.385. The third-order valence-electron chi connectivity index (χ3n) is 5.39. The molecule has 0 unspecified atom stereocenters. The van der Waals surface area contributed by atoms with Gasteiger partial charge in [-0.15, -0.1) is 0 Å². The first-order chi connectivity index (χ1) is 16.0. The van der Waals surface area contributed by atoms with Crippen LogP contribution in [0.1, 0.15) is 22.3 Å². The summed E-state index contributed by atoms with van der Waals surface area (Å²) in [4.78, 5) is 36.1. The van der Waals surface area contributed by atoms with Crippen molar-refractivity contribution >= 4 is 27.5 Å². The Morgan fingerprint density at radius 2 is 1.76 bits per heavy atom. The van der Waals surface area contributed by atoms with Gasteiger partial charge in [0.2, 0.25) is 15.9 Å². The summed E-state index contributed by atoms with van der Waals surface area (Å²) in [6, 6.07) is 6.17. The largest absolute Gasteiger partial charge is 0.351 e. The Labute approximate surface area is 194 Å². The first-order valence-electron chi connectivity index (χ1n) is 10.3. The first-order valence-corrected chi connectivity index (χ1v) is 11.7. The standard InChI is InChI=1S/C21H22F2N4O6S/c1-14-2-4-16(27(30)31)13-19(14)34(32,33)26-10-8-25(9-11-26)20(28)6-7-24-21(29)17-5-3-15(22)12-18(17)23/h2-5,12-13H,6-11H2,1H3,(H,24,29). The Kier molecular flexibility index (Phi) is 7.57. The molecule has 13 heteroatoms. The molecule has 0 saturated carbocycles. The van der Waals surface area contributed by atoms with Gasteiger partial charge in [0.15, 0.2) is 0 Å². The van der Waals surface area contributed by atoms with Crippen molar-refractivity contribution in [3.8, 4) is 0 Å². The minimum atomic E-state index is -3.99. The monoisotopic (exact) mass is 496 g/mol. The molecule has 0 spiro atoms. The number of halogens is 2. The van der Waals surface area contributed by atoms with Crippen LogP contribution in [0, 0.1) is 28.7 Å². The maximum atomic E-state index is 13.7. The van der Waals surface area contributed by atoms with Crippen LogP contribution >= 0.6 is 0 Å². The van der Waals surface area contributed by atoms with E-state index in [4.69, 9.17) is 0 Å². The average molecular weight is 496 g/mol. The number of non-ortho nitro benzene ring substituents is 1. The van der Waals surface area contributed by atoms with Gasteiger partial charge in [0.1, 0.15) is 11.6 Å². The lowest BCUT2D eigenvalue weighted by Gasteiger charge is -2.34. The molecule has 0 aromatic heterocycles. The van der Waals surface area contributed by atoms with Crippen LogP contribution in [0.15, 0.2) is 41.3 Å². The molecule has 3 rings (SSSR count). The minimum absolute atomic E-state index is 0.00333. The van der Waals surface area contributed by atoms with Crippen LogP contribution in [-0.4, -0.2) is 67.1 Å². The molecule has 1 N–H and O–H groups in total. The number of hydrogen-bond donors (Lipinski definition) is 1. The lowest BCUT2D eigenvalue weighted by Crippen LogP contribution is -2.51. The number of benzene rings is 2. The second-order valence-electron chi connectivity index (χ2n) is 7.62. The van der Waals surface area contributed by atoms with Crippen molar-refractivity contribution in [3.63, 3.8) is 0 Å². The second kappa shape index (κ2) is 10.2. The molecule has 34 heavy (non-hydrogen) atoms. The van der Waals surface area contributed by atoms with Crippen molar-refractivity contribution < 1.29 is 31.7 Å². The van der Waals surface area contributed by atoms with Gasteiger partial charge in [-0.2, -0.15) is 4.31 Å². The van der Waals surface area contributed by atoms with Gasteiger partial charge in [-0.05, 0) is 24.6 Å². The summed E-state index contributed by atoms with van der Waals surface area (Å²) < 4.78 is 53.8. The van der Waals surface area contributed by atoms with E-state index in [2.05, 4.69) is 5.32 Å². The van der Waals surface area contributed by atoms with E-state index in [1.54, 1.807) is 6.92 Å². The fraction of sp³-hybridized carbons (Fsp3) is 0.333. The van der Waals surface area contributed by atoms with Gasteiger partial charge >= 0.3 is 0 Å². The van der Waals surface area contributed by atoms with Gasteiger partial charge in [-0.1, -0.05) is 6.07 Å². The van der Waals surface area contributed by atoms with Crippen molar-refractivity contribution in [2.45, 2.75) is 18.2 Å². The minimum Gasteiger partial charge on any atom is -0.351 e. The Balaban J connectivity index is 1.54. The lowest BCUT2D eigenvalue weighted by atomic mass is 10.2. The summed E-state index contributed by atoms with van der Waals surface area (Å²) in [6.45, 7) is 1.67. The van der Waals surface area contributed by atoms with Crippen LogP contribution < -0.4 is 5.32 Å². The van der Waals surface area contributed by atoms with Gasteiger partial charge in [0.25, 0.3) is 11.6 Å².